The second kappa shape index (κ2) is 4.55. The fraction of sp³-hybridized carbons (Fsp3) is 0.500. The van der Waals surface area contributed by atoms with Gasteiger partial charge in [0.05, 0.1) is 5.02 Å². The normalized spacial score (nSPS) is 24.6. The van der Waals surface area contributed by atoms with E-state index in [4.69, 9.17) is 17.3 Å². The topological polar surface area (TPSA) is 26.0 Å². The van der Waals surface area contributed by atoms with E-state index in [-0.39, 0.29) is 16.9 Å². The Balaban J connectivity index is 2.43. The molecule has 88 valence electrons. The van der Waals surface area contributed by atoms with Gasteiger partial charge in [-0.2, -0.15) is 11.8 Å². The van der Waals surface area contributed by atoms with Gasteiger partial charge in [0.2, 0.25) is 0 Å². The highest BCUT2D eigenvalue weighted by Crippen LogP contribution is 2.41. The molecule has 0 aromatic heterocycles. The van der Waals surface area contributed by atoms with Gasteiger partial charge < -0.3 is 5.73 Å². The van der Waals surface area contributed by atoms with Crippen molar-refractivity contribution in [1.82, 2.24) is 0 Å². The van der Waals surface area contributed by atoms with Gasteiger partial charge in [-0.25, -0.2) is 4.39 Å². The van der Waals surface area contributed by atoms with Crippen molar-refractivity contribution < 1.29 is 4.39 Å². The summed E-state index contributed by atoms with van der Waals surface area (Å²) in [5, 5.41) is 0.544. The summed E-state index contributed by atoms with van der Waals surface area (Å²) in [5.41, 5.74) is 7.78. The van der Waals surface area contributed by atoms with Crippen molar-refractivity contribution in [2.45, 2.75) is 30.9 Å². The molecule has 0 aliphatic carbocycles. The lowest BCUT2D eigenvalue weighted by Gasteiger charge is -2.33. The quantitative estimate of drug-likeness (QED) is 0.831. The second-order valence-electron chi connectivity index (χ2n) is 4.47. The first-order valence-corrected chi connectivity index (χ1v) is 6.79. The molecule has 16 heavy (non-hydrogen) atoms. The molecule has 1 aliphatic rings. The molecule has 1 aromatic rings. The monoisotopic (exact) mass is 259 g/mol. The molecule has 1 aliphatic heterocycles. The largest absolute Gasteiger partial charge is 0.323 e. The van der Waals surface area contributed by atoms with E-state index in [1.165, 1.54) is 0 Å². The number of halogens is 2. The molecular weight excluding hydrogens is 245 g/mol. The Morgan fingerprint density at radius 1 is 1.50 bits per heavy atom. The van der Waals surface area contributed by atoms with Crippen LogP contribution in [0.1, 0.15) is 31.0 Å². The first-order valence-electron chi connectivity index (χ1n) is 5.36. The molecule has 2 unspecified atom stereocenters. The van der Waals surface area contributed by atoms with E-state index in [2.05, 4.69) is 13.8 Å². The lowest BCUT2D eigenvalue weighted by atomic mass is 9.93. The third-order valence-electron chi connectivity index (χ3n) is 3.02. The van der Waals surface area contributed by atoms with Crippen LogP contribution in [0.15, 0.2) is 12.1 Å². The van der Waals surface area contributed by atoms with Crippen LogP contribution < -0.4 is 5.73 Å². The first kappa shape index (κ1) is 12.2. The van der Waals surface area contributed by atoms with Crippen LogP contribution in [0.4, 0.5) is 4.39 Å². The molecule has 1 heterocycles. The van der Waals surface area contributed by atoms with Crippen molar-refractivity contribution in [2.75, 3.05) is 0 Å². The molecule has 0 saturated carbocycles. The molecule has 0 bridgehead atoms. The van der Waals surface area contributed by atoms with E-state index in [0.29, 0.717) is 22.5 Å². The third kappa shape index (κ3) is 1.96. The minimum atomic E-state index is -0.302. The summed E-state index contributed by atoms with van der Waals surface area (Å²) < 4.78 is 13.8. The lowest BCUT2D eigenvalue weighted by Crippen LogP contribution is -2.32. The molecule has 1 nitrogen and oxygen atoms in total. The van der Waals surface area contributed by atoms with Gasteiger partial charge >= 0.3 is 0 Å². The highest BCUT2D eigenvalue weighted by molar-refractivity contribution is 7.99. The van der Waals surface area contributed by atoms with E-state index in [0.717, 1.165) is 5.56 Å². The number of fused-ring (bicyclic) bond motifs is 1. The SMILES string of the molecule is CC(C)C1SCc2c(ccc(Cl)c2F)C1N. The maximum atomic E-state index is 13.8. The molecule has 0 spiro atoms. The Bertz CT molecular complexity index is 408. The molecule has 2 rings (SSSR count). The number of hydrogen-bond donors (Lipinski definition) is 1. The van der Waals surface area contributed by atoms with Crippen LogP contribution in [0.5, 0.6) is 0 Å². The van der Waals surface area contributed by atoms with E-state index >= 15 is 0 Å². The van der Waals surface area contributed by atoms with Gasteiger partial charge in [-0.3, -0.25) is 0 Å². The molecule has 0 saturated heterocycles. The average molecular weight is 260 g/mol. The standard InChI is InChI=1S/C12H15ClFNS/c1-6(2)12-11(15)7-3-4-9(13)10(14)8(7)5-16-12/h3-4,6,11-12H,5,15H2,1-2H3. The van der Waals surface area contributed by atoms with Crippen LogP contribution >= 0.6 is 23.4 Å². The van der Waals surface area contributed by atoms with Crippen molar-refractivity contribution in [2.24, 2.45) is 11.7 Å². The van der Waals surface area contributed by atoms with E-state index < -0.39 is 0 Å². The number of rotatable bonds is 1. The smallest absolute Gasteiger partial charge is 0.146 e. The first-order chi connectivity index (χ1) is 7.52. The average Bonchev–Trinajstić information content (AvgIpc) is 2.23. The van der Waals surface area contributed by atoms with E-state index in [1.807, 2.05) is 6.07 Å². The van der Waals surface area contributed by atoms with Gasteiger partial charge in [-0.15, -0.1) is 0 Å². The minimum absolute atomic E-state index is 0.0967. The lowest BCUT2D eigenvalue weighted by molar-refractivity contribution is 0.513. The Morgan fingerprint density at radius 2 is 2.19 bits per heavy atom. The Labute approximate surface area is 105 Å². The molecule has 0 amide bonds. The maximum absolute atomic E-state index is 13.8. The minimum Gasteiger partial charge on any atom is -0.323 e. The molecule has 0 radical (unpaired) electrons. The molecular formula is C12H15ClFNS. The molecule has 2 N–H and O–H groups in total. The zero-order valence-electron chi connectivity index (χ0n) is 9.34. The highest BCUT2D eigenvalue weighted by Gasteiger charge is 2.31. The zero-order chi connectivity index (χ0) is 11.9. The summed E-state index contributed by atoms with van der Waals surface area (Å²) in [4.78, 5) is 0. The van der Waals surface area contributed by atoms with E-state index in [1.54, 1.807) is 17.8 Å². The van der Waals surface area contributed by atoms with Crippen LogP contribution in [0.2, 0.25) is 5.02 Å². The van der Waals surface area contributed by atoms with E-state index in [9.17, 15) is 4.39 Å². The summed E-state index contributed by atoms with van der Waals surface area (Å²) in [5.74, 6) is 0.856. The predicted octanol–water partition coefficient (Wildman–Crippen LogP) is 3.75. The van der Waals surface area contributed by atoms with Crippen molar-refractivity contribution in [1.29, 1.82) is 0 Å². The van der Waals surface area contributed by atoms with Gasteiger partial charge in [0.1, 0.15) is 5.82 Å². The predicted molar refractivity (Wildman–Crippen MR) is 68.3 cm³/mol. The van der Waals surface area contributed by atoms with Crippen LogP contribution in [-0.2, 0) is 5.75 Å². The Hall–Kier alpha value is -0.250. The molecule has 0 fully saturated rings. The summed E-state index contributed by atoms with van der Waals surface area (Å²) in [7, 11) is 0. The Morgan fingerprint density at radius 3 is 2.81 bits per heavy atom. The number of benzene rings is 1. The van der Waals surface area contributed by atoms with Crippen molar-refractivity contribution >= 4 is 23.4 Å². The van der Waals surface area contributed by atoms with Gasteiger partial charge in [0.15, 0.2) is 0 Å². The fourth-order valence-electron chi connectivity index (χ4n) is 2.13. The molecule has 2 atom stereocenters. The Kier molecular flexibility index (Phi) is 3.48. The summed E-state index contributed by atoms with van der Waals surface area (Å²) in [6.45, 7) is 4.30. The van der Waals surface area contributed by atoms with Crippen molar-refractivity contribution in [3.05, 3.63) is 34.1 Å². The van der Waals surface area contributed by atoms with Crippen LogP contribution in [-0.4, -0.2) is 5.25 Å². The summed E-state index contributed by atoms with van der Waals surface area (Å²) in [6.07, 6.45) is 0. The molecule has 1 aromatic carbocycles. The zero-order valence-corrected chi connectivity index (χ0v) is 10.9. The van der Waals surface area contributed by atoms with Crippen LogP contribution in [0, 0.1) is 11.7 Å². The highest BCUT2D eigenvalue weighted by atomic mass is 35.5. The van der Waals surface area contributed by atoms with Gasteiger partial charge in [0.25, 0.3) is 0 Å². The van der Waals surface area contributed by atoms with Crippen LogP contribution in [0.3, 0.4) is 0 Å². The van der Waals surface area contributed by atoms with Crippen molar-refractivity contribution in [3.8, 4) is 0 Å². The number of hydrogen-bond acceptors (Lipinski definition) is 2. The van der Waals surface area contributed by atoms with Crippen LogP contribution in [0.25, 0.3) is 0 Å². The van der Waals surface area contributed by atoms with Crippen molar-refractivity contribution in [3.63, 3.8) is 0 Å². The third-order valence-corrected chi connectivity index (χ3v) is 4.99. The van der Waals surface area contributed by atoms with Gasteiger partial charge in [-0.05, 0) is 17.5 Å². The number of thioether (sulfide) groups is 1. The summed E-state index contributed by atoms with van der Waals surface area (Å²) >= 11 is 7.49. The summed E-state index contributed by atoms with van der Waals surface area (Å²) in [6, 6.07) is 3.37. The van der Waals surface area contributed by atoms with Gasteiger partial charge in [0, 0.05) is 22.6 Å². The maximum Gasteiger partial charge on any atom is 0.146 e. The van der Waals surface area contributed by atoms with Gasteiger partial charge in [-0.1, -0.05) is 31.5 Å². The second-order valence-corrected chi connectivity index (χ2v) is 6.05. The molecule has 4 heteroatoms. The number of nitrogens with two attached hydrogens (primary N) is 1. The fourth-order valence-corrected chi connectivity index (χ4v) is 3.70.